The van der Waals surface area contributed by atoms with Crippen molar-refractivity contribution in [3.63, 3.8) is 0 Å². The molecule has 0 heterocycles. The van der Waals surface area contributed by atoms with E-state index in [1.807, 2.05) is 26.0 Å². The highest BCUT2D eigenvalue weighted by molar-refractivity contribution is 5.78. The highest BCUT2D eigenvalue weighted by Gasteiger charge is 2.31. The van der Waals surface area contributed by atoms with Crippen LogP contribution in [0.3, 0.4) is 0 Å². The topological polar surface area (TPSA) is 102 Å². The van der Waals surface area contributed by atoms with Crippen molar-refractivity contribution in [1.82, 2.24) is 10.6 Å². The molecule has 0 fully saturated rings. The Morgan fingerprint density at radius 3 is 2.38 bits per heavy atom. The molecule has 5 N–H and O–H groups in total. The van der Waals surface area contributed by atoms with Crippen molar-refractivity contribution in [2.75, 3.05) is 6.54 Å². The molecule has 0 bridgehead atoms. The van der Waals surface area contributed by atoms with Gasteiger partial charge in [-0.2, -0.15) is 13.2 Å². The molecular weight excluding hydrogens is 516 g/mol. The molecule has 6 nitrogen and oxygen atoms in total. The van der Waals surface area contributed by atoms with Gasteiger partial charge in [-0.05, 0) is 67.3 Å². The van der Waals surface area contributed by atoms with Gasteiger partial charge in [-0.15, -0.1) is 0 Å². The molecule has 3 rings (SSSR count). The number of carbonyl (C=O) groups excluding carboxylic acids is 1. The van der Waals surface area contributed by atoms with Crippen molar-refractivity contribution >= 4 is 5.91 Å². The fourth-order valence-electron chi connectivity index (χ4n) is 4.18. The summed E-state index contributed by atoms with van der Waals surface area (Å²) < 4.78 is 52.7. The lowest BCUT2D eigenvalue weighted by Crippen LogP contribution is -2.43. The predicted octanol–water partition coefficient (Wildman–Crippen LogP) is 4.55. The molecule has 0 aliphatic heterocycles. The Labute approximate surface area is 224 Å². The van der Waals surface area contributed by atoms with Crippen molar-refractivity contribution < 1.29 is 37.7 Å². The van der Waals surface area contributed by atoms with Gasteiger partial charge in [0.15, 0.2) is 0 Å². The van der Waals surface area contributed by atoms with E-state index in [1.165, 1.54) is 6.07 Å². The Hall–Kier alpha value is -3.47. The lowest BCUT2D eigenvalue weighted by atomic mass is 9.93. The van der Waals surface area contributed by atoms with Gasteiger partial charge in [0.2, 0.25) is 5.91 Å². The second-order valence-electron chi connectivity index (χ2n) is 10.1. The Morgan fingerprint density at radius 2 is 1.69 bits per heavy atom. The molecular formula is C29H32F4N2O4. The van der Waals surface area contributed by atoms with Gasteiger partial charge in [-0.25, -0.2) is 4.39 Å². The fourth-order valence-corrected chi connectivity index (χ4v) is 4.18. The smallest absolute Gasteiger partial charge is 0.416 e. The molecule has 1 amide bonds. The summed E-state index contributed by atoms with van der Waals surface area (Å²) in [5.41, 5.74) is 0.808. The second kappa shape index (κ2) is 12.6. The minimum absolute atomic E-state index is 0.0327. The third-order valence-electron chi connectivity index (χ3n) is 6.28. The molecule has 0 spiro atoms. The number of aliphatic hydroxyl groups excluding tert-OH is 2. The number of phenols is 1. The molecule has 0 saturated carbocycles. The maximum atomic E-state index is 13.9. The number of carbonyl (C=O) groups is 1. The van der Waals surface area contributed by atoms with Crippen LogP contribution in [0.25, 0.3) is 0 Å². The van der Waals surface area contributed by atoms with E-state index in [1.54, 1.807) is 24.3 Å². The van der Waals surface area contributed by atoms with Crippen molar-refractivity contribution in [3.05, 3.63) is 99.9 Å². The summed E-state index contributed by atoms with van der Waals surface area (Å²) in [5.74, 6) is -1.33. The van der Waals surface area contributed by atoms with Gasteiger partial charge in [-0.1, -0.05) is 30.3 Å². The summed E-state index contributed by atoms with van der Waals surface area (Å²) in [4.78, 5) is 12.4. The van der Waals surface area contributed by atoms with E-state index >= 15 is 0 Å². The van der Waals surface area contributed by atoms with Crippen LogP contribution in [0.5, 0.6) is 5.75 Å². The SMILES string of the molecule is CC(C)(Cc1cccc(CC(=O)NCc2cc(C(F)(F)F)ccc2F)c1)NC[C@H](O)c1ccc(O)c(CO)c1. The monoisotopic (exact) mass is 548 g/mol. The Bertz CT molecular complexity index is 1290. The molecule has 210 valence electrons. The van der Waals surface area contributed by atoms with Crippen molar-refractivity contribution in [2.24, 2.45) is 0 Å². The van der Waals surface area contributed by atoms with Crippen molar-refractivity contribution in [1.29, 1.82) is 0 Å². The van der Waals surface area contributed by atoms with E-state index in [0.29, 0.717) is 35.2 Å². The van der Waals surface area contributed by atoms with Crippen LogP contribution in [0, 0.1) is 5.82 Å². The molecule has 3 aromatic rings. The Morgan fingerprint density at radius 1 is 0.974 bits per heavy atom. The zero-order valence-electron chi connectivity index (χ0n) is 21.6. The van der Waals surface area contributed by atoms with Crippen molar-refractivity contribution in [3.8, 4) is 5.75 Å². The predicted molar refractivity (Wildman–Crippen MR) is 138 cm³/mol. The fraction of sp³-hybridized carbons (Fsp3) is 0.345. The first-order valence-electron chi connectivity index (χ1n) is 12.3. The first-order chi connectivity index (χ1) is 18.3. The van der Waals surface area contributed by atoms with Crippen LogP contribution in [-0.2, 0) is 37.0 Å². The summed E-state index contributed by atoms with van der Waals surface area (Å²) in [6.45, 7) is 3.42. The van der Waals surface area contributed by atoms with Gasteiger partial charge in [-0.3, -0.25) is 4.79 Å². The van der Waals surface area contributed by atoms with Crippen LogP contribution >= 0.6 is 0 Å². The average Bonchev–Trinajstić information content (AvgIpc) is 2.86. The van der Waals surface area contributed by atoms with E-state index in [0.717, 1.165) is 11.6 Å². The average molecular weight is 549 g/mol. The highest BCUT2D eigenvalue weighted by atomic mass is 19.4. The second-order valence-corrected chi connectivity index (χ2v) is 10.1. The third kappa shape index (κ3) is 8.77. The third-order valence-corrected chi connectivity index (χ3v) is 6.28. The molecule has 0 radical (unpaired) electrons. The number of alkyl halides is 3. The number of aliphatic hydroxyl groups is 2. The van der Waals surface area contributed by atoms with Crippen LogP contribution in [0.4, 0.5) is 17.6 Å². The molecule has 39 heavy (non-hydrogen) atoms. The number of hydrogen-bond donors (Lipinski definition) is 5. The molecule has 0 aliphatic carbocycles. The number of hydrogen-bond acceptors (Lipinski definition) is 5. The van der Waals surface area contributed by atoms with Crippen LogP contribution in [0.1, 0.15) is 53.3 Å². The van der Waals surface area contributed by atoms with Crippen LogP contribution in [0.15, 0.2) is 60.7 Å². The van der Waals surface area contributed by atoms with Gasteiger partial charge in [0.25, 0.3) is 0 Å². The lowest BCUT2D eigenvalue weighted by molar-refractivity contribution is -0.137. The van der Waals surface area contributed by atoms with E-state index in [4.69, 9.17) is 0 Å². The summed E-state index contributed by atoms with van der Waals surface area (Å²) in [6, 6.07) is 13.9. The van der Waals surface area contributed by atoms with Gasteiger partial charge in [0, 0.05) is 29.8 Å². The summed E-state index contributed by atoms with van der Waals surface area (Å²) in [7, 11) is 0. The maximum absolute atomic E-state index is 13.9. The number of halogens is 4. The van der Waals surface area contributed by atoms with Crippen LogP contribution in [-0.4, -0.2) is 33.3 Å². The standard InChI is InChI=1S/C29H32F4N2O4/c1-28(2,35-16-26(38)20-6-9-25(37)22(12-20)17-36)14-19-5-3-4-18(10-19)11-27(39)34-15-21-13-23(29(31,32)33)7-8-24(21)30/h3-10,12-13,26,35-38H,11,14-17H2,1-2H3,(H,34,39)/t26-/m0/s1. The summed E-state index contributed by atoms with van der Waals surface area (Å²) >= 11 is 0. The van der Waals surface area contributed by atoms with E-state index in [9.17, 15) is 37.7 Å². The number of β-amino-alcohol motifs (C(OH)–C–C–N with tert-alkyl or cyclic N) is 1. The minimum atomic E-state index is -4.61. The Kier molecular flexibility index (Phi) is 9.71. The number of benzene rings is 3. The maximum Gasteiger partial charge on any atom is 0.416 e. The van der Waals surface area contributed by atoms with Gasteiger partial charge >= 0.3 is 6.18 Å². The van der Waals surface area contributed by atoms with Gasteiger partial charge in [0.05, 0.1) is 24.7 Å². The van der Waals surface area contributed by atoms with E-state index in [-0.39, 0.29) is 37.4 Å². The first kappa shape index (κ1) is 30.1. The minimum Gasteiger partial charge on any atom is -0.508 e. The lowest BCUT2D eigenvalue weighted by Gasteiger charge is -2.28. The highest BCUT2D eigenvalue weighted by Crippen LogP contribution is 2.30. The number of aromatic hydroxyl groups is 1. The molecule has 3 aromatic carbocycles. The zero-order valence-corrected chi connectivity index (χ0v) is 21.6. The number of nitrogens with one attached hydrogen (secondary N) is 2. The zero-order chi connectivity index (χ0) is 28.8. The van der Waals surface area contributed by atoms with E-state index < -0.39 is 35.1 Å². The molecule has 1 atom stereocenters. The van der Waals surface area contributed by atoms with E-state index in [2.05, 4.69) is 10.6 Å². The quantitative estimate of drug-likeness (QED) is 0.227. The van der Waals surface area contributed by atoms with Crippen LogP contribution < -0.4 is 10.6 Å². The Balaban J connectivity index is 1.55. The number of rotatable bonds is 11. The normalized spacial score (nSPS) is 12.8. The summed E-state index contributed by atoms with van der Waals surface area (Å²) in [6.07, 6.45) is -4.95. The molecule has 0 saturated heterocycles. The van der Waals surface area contributed by atoms with Crippen molar-refractivity contribution in [2.45, 2.75) is 57.7 Å². The molecule has 0 aliphatic rings. The number of amides is 1. The summed E-state index contributed by atoms with van der Waals surface area (Å²) in [5, 5.41) is 35.4. The van der Waals surface area contributed by atoms with Gasteiger partial charge < -0.3 is 26.0 Å². The first-order valence-corrected chi connectivity index (χ1v) is 12.3. The molecule has 0 unspecified atom stereocenters. The molecule has 0 aromatic heterocycles. The largest absolute Gasteiger partial charge is 0.508 e. The molecule has 10 heteroatoms. The van der Waals surface area contributed by atoms with Crippen LogP contribution in [0.2, 0.25) is 0 Å². The van der Waals surface area contributed by atoms with Gasteiger partial charge in [0.1, 0.15) is 11.6 Å².